The molecule has 2 aromatic heterocycles. The molecule has 0 amide bonds. The topological polar surface area (TPSA) is 93.9 Å². The van der Waals surface area contributed by atoms with Crippen molar-refractivity contribution in [1.29, 1.82) is 0 Å². The zero-order valence-electron chi connectivity index (χ0n) is 21.7. The van der Waals surface area contributed by atoms with Gasteiger partial charge in [0.1, 0.15) is 12.2 Å². The fourth-order valence-electron chi connectivity index (χ4n) is 7.58. The maximum absolute atomic E-state index is 13.3. The quantitative estimate of drug-likeness (QED) is 0.538. The van der Waals surface area contributed by atoms with E-state index in [0.29, 0.717) is 62.6 Å². The number of fused-ring (bicyclic) bond motifs is 4. The lowest BCUT2D eigenvalue weighted by Crippen LogP contribution is -2.43. The van der Waals surface area contributed by atoms with E-state index in [4.69, 9.17) is 19.2 Å². The van der Waals surface area contributed by atoms with Crippen LogP contribution in [0, 0.1) is 5.41 Å². The van der Waals surface area contributed by atoms with E-state index in [2.05, 4.69) is 4.98 Å². The first-order valence-electron chi connectivity index (χ1n) is 14.0. The summed E-state index contributed by atoms with van der Waals surface area (Å²) in [5.41, 5.74) is 2.02. The Kier molecular flexibility index (Phi) is 6.10. The fraction of sp³-hybridized carbons (Fsp3) is 0.655. The molecule has 0 radical (unpaired) electrons. The standard InChI is InChI=1S/C29H33F3N2O5/c30-29(31,32)17-2-3-18(33-15-17)25-21-22(28(39-25)8-12-38-13-9-28)20-19(35)14-27(6-1-7-27)26(36)24(20)34-23(21)16-4-10-37-11-5-16/h2-3,15-16,19,25-26,35-36H,1,4-14H2/t19-,25+,26-/m0/s1. The van der Waals surface area contributed by atoms with Gasteiger partial charge < -0.3 is 24.4 Å². The van der Waals surface area contributed by atoms with Crippen LogP contribution in [-0.2, 0) is 26.0 Å². The van der Waals surface area contributed by atoms with Gasteiger partial charge in [-0.2, -0.15) is 13.2 Å². The van der Waals surface area contributed by atoms with Crippen LogP contribution in [0.5, 0.6) is 0 Å². The number of nitrogens with zero attached hydrogens (tertiary/aromatic N) is 2. The van der Waals surface area contributed by atoms with Crippen LogP contribution in [0.2, 0.25) is 0 Å². The van der Waals surface area contributed by atoms with Gasteiger partial charge in [-0.05, 0) is 49.8 Å². The van der Waals surface area contributed by atoms with Crippen molar-refractivity contribution in [3.8, 4) is 0 Å². The molecule has 10 heteroatoms. The molecule has 3 fully saturated rings. The molecule has 2 saturated heterocycles. The lowest BCUT2D eigenvalue weighted by Gasteiger charge is -2.51. The summed E-state index contributed by atoms with van der Waals surface area (Å²) >= 11 is 0. The molecule has 5 aliphatic rings. The van der Waals surface area contributed by atoms with Gasteiger partial charge in [0, 0.05) is 67.9 Å². The Balaban J connectivity index is 1.45. The van der Waals surface area contributed by atoms with Crippen LogP contribution >= 0.6 is 0 Å². The van der Waals surface area contributed by atoms with Gasteiger partial charge in [-0.25, -0.2) is 0 Å². The van der Waals surface area contributed by atoms with Crippen LogP contribution in [0.1, 0.15) is 115 Å². The van der Waals surface area contributed by atoms with E-state index in [-0.39, 0.29) is 11.3 Å². The minimum Gasteiger partial charge on any atom is -0.388 e. The average Bonchev–Trinajstić information content (AvgIpc) is 3.23. The van der Waals surface area contributed by atoms with E-state index in [0.717, 1.165) is 61.2 Å². The molecule has 2 N–H and O–H groups in total. The van der Waals surface area contributed by atoms with E-state index < -0.39 is 35.7 Å². The SMILES string of the molecule is O[C@H]1CC2(CCC2)[C@@H](O)c2nc(C3CCOCC3)c3c(c21)C1(CCOCC1)O[C@@H]3c1ccc(C(F)(F)F)cn1. The largest absolute Gasteiger partial charge is 0.417 e. The Morgan fingerprint density at radius 2 is 1.62 bits per heavy atom. The van der Waals surface area contributed by atoms with Crippen LogP contribution in [-0.4, -0.2) is 46.6 Å². The first-order valence-corrected chi connectivity index (χ1v) is 14.0. The minimum atomic E-state index is -4.49. The van der Waals surface area contributed by atoms with Crippen molar-refractivity contribution >= 4 is 0 Å². The average molecular weight is 547 g/mol. The molecule has 3 aliphatic heterocycles. The Labute approximate surface area is 224 Å². The van der Waals surface area contributed by atoms with E-state index in [9.17, 15) is 23.4 Å². The highest BCUT2D eigenvalue weighted by Crippen LogP contribution is 2.63. The molecule has 2 aromatic rings. The second-order valence-electron chi connectivity index (χ2n) is 11.9. The number of hydrogen-bond donors (Lipinski definition) is 2. The summed E-state index contributed by atoms with van der Waals surface area (Å²) in [7, 11) is 0. The van der Waals surface area contributed by atoms with E-state index >= 15 is 0 Å². The molecule has 0 bridgehead atoms. The molecule has 2 aliphatic carbocycles. The third-order valence-corrected chi connectivity index (χ3v) is 9.81. The van der Waals surface area contributed by atoms with Crippen LogP contribution in [0.4, 0.5) is 13.2 Å². The van der Waals surface area contributed by atoms with Crippen LogP contribution < -0.4 is 0 Å². The molecule has 1 saturated carbocycles. The Morgan fingerprint density at radius 1 is 0.897 bits per heavy atom. The highest BCUT2D eigenvalue weighted by Gasteiger charge is 2.57. The van der Waals surface area contributed by atoms with Crippen LogP contribution in [0.15, 0.2) is 18.3 Å². The zero-order chi connectivity index (χ0) is 27.0. The number of ether oxygens (including phenoxy) is 3. The Bertz CT molecular complexity index is 1250. The van der Waals surface area contributed by atoms with E-state index in [1.807, 2.05) is 0 Å². The fourth-order valence-corrected chi connectivity index (χ4v) is 7.58. The summed E-state index contributed by atoms with van der Waals surface area (Å²) in [6, 6.07) is 2.43. The van der Waals surface area contributed by atoms with Crippen molar-refractivity contribution in [2.24, 2.45) is 5.41 Å². The number of hydrogen-bond acceptors (Lipinski definition) is 7. The lowest BCUT2D eigenvalue weighted by atomic mass is 9.57. The summed E-state index contributed by atoms with van der Waals surface area (Å²) in [6.07, 6.45) is -0.234. The highest BCUT2D eigenvalue weighted by atomic mass is 19.4. The second-order valence-corrected chi connectivity index (χ2v) is 11.9. The molecule has 0 unspecified atom stereocenters. The van der Waals surface area contributed by atoms with Crippen molar-refractivity contribution < 1.29 is 37.6 Å². The molecule has 3 atom stereocenters. The molecule has 210 valence electrons. The normalized spacial score (nSPS) is 29.7. The number of aliphatic hydroxyl groups is 2. The monoisotopic (exact) mass is 546 g/mol. The van der Waals surface area contributed by atoms with Gasteiger partial charge in [-0.15, -0.1) is 0 Å². The van der Waals surface area contributed by atoms with Gasteiger partial charge in [-0.3, -0.25) is 9.97 Å². The number of aromatic nitrogens is 2. The van der Waals surface area contributed by atoms with Gasteiger partial charge in [0.05, 0.1) is 34.4 Å². The third kappa shape index (κ3) is 3.97. The predicted molar refractivity (Wildman–Crippen MR) is 132 cm³/mol. The molecule has 5 heterocycles. The van der Waals surface area contributed by atoms with E-state index in [1.165, 1.54) is 6.07 Å². The molecular formula is C29H33F3N2O5. The van der Waals surface area contributed by atoms with E-state index in [1.54, 1.807) is 0 Å². The Hall–Kier alpha value is -2.11. The summed E-state index contributed by atoms with van der Waals surface area (Å²) < 4.78 is 58.2. The molecule has 7 nitrogen and oxygen atoms in total. The third-order valence-electron chi connectivity index (χ3n) is 9.81. The van der Waals surface area contributed by atoms with Crippen molar-refractivity contribution in [2.45, 2.75) is 87.4 Å². The van der Waals surface area contributed by atoms with Crippen molar-refractivity contribution in [3.05, 3.63) is 57.7 Å². The van der Waals surface area contributed by atoms with Gasteiger partial charge in [-0.1, -0.05) is 6.42 Å². The molecule has 2 spiro atoms. The second kappa shape index (κ2) is 9.21. The van der Waals surface area contributed by atoms with Gasteiger partial charge in [0.25, 0.3) is 0 Å². The van der Waals surface area contributed by atoms with Gasteiger partial charge in [0.15, 0.2) is 0 Å². The lowest BCUT2D eigenvalue weighted by molar-refractivity contribution is -0.138. The highest BCUT2D eigenvalue weighted by molar-refractivity contribution is 5.54. The van der Waals surface area contributed by atoms with Crippen LogP contribution in [0.3, 0.4) is 0 Å². The smallest absolute Gasteiger partial charge is 0.388 e. The van der Waals surface area contributed by atoms with Crippen LogP contribution in [0.25, 0.3) is 0 Å². The summed E-state index contributed by atoms with van der Waals surface area (Å²) in [6.45, 7) is 2.07. The van der Waals surface area contributed by atoms with Crippen molar-refractivity contribution in [3.63, 3.8) is 0 Å². The molecule has 0 aromatic carbocycles. The predicted octanol–water partition coefficient (Wildman–Crippen LogP) is 5.16. The number of rotatable bonds is 2. The first kappa shape index (κ1) is 25.8. The molecular weight excluding hydrogens is 513 g/mol. The molecule has 39 heavy (non-hydrogen) atoms. The van der Waals surface area contributed by atoms with Gasteiger partial charge >= 0.3 is 6.18 Å². The Morgan fingerprint density at radius 3 is 2.23 bits per heavy atom. The number of halogens is 3. The number of aliphatic hydroxyl groups excluding tert-OH is 2. The van der Waals surface area contributed by atoms with Crippen molar-refractivity contribution in [2.75, 3.05) is 26.4 Å². The number of pyridine rings is 2. The maximum Gasteiger partial charge on any atom is 0.417 e. The summed E-state index contributed by atoms with van der Waals surface area (Å²) in [4.78, 5) is 9.38. The minimum absolute atomic E-state index is 0.0388. The molecule has 7 rings (SSSR count). The number of alkyl halides is 3. The summed E-state index contributed by atoms with van der Waals surface area (Å²) in [5.74, 6) is 0.0388. The maximum atomic E-state index is 13.3. The van der Waals surface area contributed by atoms with Crippen molar-refractivity contribution in [1.82, 2.24) is 9.97 Å². The zero-order valence-corrected chi connectivity index (χ0v) is 21.7. The van der Waals surface area contributed by atoms with Gasteiger partial charge in [0.2, 0.25) is 0 Å². The first-order chi connectivity index (χ1) is 18.7. The summed E-state index contributed by atoms with van der Waals surface area (Å²) in [5, 5.41) is 23.3.